The van der Waals surface area contributed by atoms with Crippen molar-refractivity contribution in [1.82, 2.24) is 0 Å². The number of hydrogen-bond donors (Lipinski definition) is 3. The highest BCUT2D eigenvalue weighted by atomic mass is 16.3. The molecule has 0 aliphatic carbocycles. The van der Waals surface area contributed by atoms with Crippen molar-refractivity contribution in [3.05, 3.63) is 34.9 Å². The number of hydrogen-bond acceptors (Lipinski definition) is 4. The summed E-state index contributed by atoms with van der Waals surface area (Å²) in [6.45, 7) is 2.17. The number of aliphatic hydroxyl groups excluding tert-OH is 2. The molecule has 1 aromatic rings. The third-order valence-corrected chi connectivity index (χ3v) is 2.47. The van der Waals surface area contributed by atoms with E-state index in [1.54, 1.807) is 18.2 Å². The van der Waals surface area contributed by atoms with Crippen LogP contribution in [0.4, 0.5) is 0 Å². The van der Waals surface area contributed by atoms with Crippen LogP contribution in [-0.2, 0) is 0 Å². The summed E-state index contributed by atoms with van der Waals surface area (Å²) >= 11 is 0. The Morgan fingerprint density at radius 1 is 1.44 bits per heavy atom. The van der Waals surface area contributed by atoms with E-state index in [1.807, 2.05) is 13.0 Å². The van der Waals surface area contributed by atoms with Crippen LogP contribution in [0.15, 0.2) is 18.2 Å². The number of aryl methyl sites for hydroxylation is 1. The summed E-state index contributed by atoms with van der Waals surface area (Å²) in [4.78, 5) is 0. The monoisotopic (exact) mass is 220 g/mol. The van der Waals surface area contributed by atoms with E-state index < -0.39 is 12.2 Å². The lowest BCUT2D eigenvalue weighted by atomic mass is 9.96. The average molecular weight is 220 g/mol. The van der Waals surface area contributed by atoms with Gasteiger partial charge in [0.2, 0.25) is 0 Å². The topological polar surface area (TPSA) is 90.3 Å². The van der Waals surface area contributed by atoms with E-state index in [2.05, 4.69) is 0 Å². The Morgan fingerprint density at radius 3 is 2.69 bits per heavy atom. The van der Waals surface area contributed by atoms with Crippen molar-refractivity contribution in [2.24, 2.45) is 5.73 Å². The zero-order valence-electron chi connectivity index (χ0n) is 9.22. The highest BCUT2D eigenvalue weighted by Gasteiger charge is 2.20. The van der Waals surface area contributed by atoms with Gasteiger partial charge in [-0.3, -0.25) is 0 Å². The van der Waals surface area contributed by atoms with Crippen LogP contribution in [0.1, 0.15) is 29.2 Å². The smallest absolute Gasteiger partial charge is 0.106 e. The fourth-order valence-corrected chi connectivity index (χ4v) is 1.56. The molecule has 0 radical (unpaired) electrons. The largest absolute Gasteiger partial charge is 0.390 e. The van der Waals surface area contributed by atoms with Gasteiger partial charge in [-0.25, -0.2) is 0 Å². The van der Waals surface area contributed by atoms with E-state index in [1.165, 1.54) is 0 Å². The van der Waals surface area contributed by atoms with Crippen LogP contribution < -0.4 is 5.73 Å². The van der Waals surface area contributed by atoms with Crippen LogP contribution in [0, 0.1) is 18.3 Å². The molecule has 0 aliphatic heterocycles. The van der Waals surface area contributed by atoms with Gasteiger partial charge in [0, 0.05) is 5.56 Å². The van der Waals surface area contributed by atoms with Gasteiger partial charge in [-0.05, 0) is 26.0 Å². The van der Waals surface area contributed by atoms with Crippen molar-refractivity contribution < 1.29 is 10.2 Å². The minimum Gasteiger partial charge on any atom is -0.390 e. The van der Waals surface area contributed by atoms with Crippen molar-refractivity contribution in [3.8, 4) is 6.07 Å². The second-order valence-corrected chi connectivity index (χ2v) is 3.79. The van der Waals surface area contributed by atoms with E-state index in [9.17, 15) is 10.2 Å². The second-order valence-electron chi connectivity index (χ2n) is 3.79. The summed E-state index contributed by atoms with van der Waals surface area (Å²) in [5, 5.41) is 28.4. The Balaban J connectivity index is 3.02. The van der Waals surface area contributed by atoms with Gasteiger partial charge in [0.15, 0.2) is 0 Å². The highest BCUT2D eigenvalue weighted by Crippen LogP contribution is 2.23. The number of rotatable bonds is 4. The lowest BCUT2D eigenvalue weighted by Crippen LogP contribution is -2.22. The van der Waals surface area contributed by atoms with Crippen LogP contribution in [0.25, 0.3) is 0 Å². The van der Waals surface area contributed by atoms with Crippen LogP contribution in [0.2, 0.25) is 0 Å². The molecule has 0 aromatic heterocycles. The van der Waals surface area contributed by atoms with E-state index in [-0.39, 0.29) is 0 Å². The molecule has 0 saturated heterocycles. The number of nitriles is 1. The van der Waals surface area contributed by atoms with Crippen molar-refractivity contribution in [1.29, 1.82) is 5.26 Å². The van der Waals surface area contributed by atoms with E-state index in [4.69, 9.17) is 11.0 Å². The third-order valence-electron chi connectivity index (χ3n) is 2.47. The average Bonchev–Trinajstić information content (AvgIpc) is 2.28. The first kappa shape index (κ1) is 12.7. The molecule has 2 atom stereocenters. The second kappa shape index (κ2) is 5.61. The number of benzene rings is 1. The Morgan fingerprint density at radius 2 is 2.12 bits per heavy atom. The predicted octanol–water partition coefficient (Wildman–Crippen LogP) is 0.610. The lowest BCUT2D eigenvalue weighted by Gasteiger charge is -2.18. The molecule has 4 nitrogen and oxygen atoms in total. The molecule has 1 rings (SSSR count). The molecule has 1 aromatic carbocycles. The summed E-state index contributed by atoms with van der Waals surface area (Å²) in [6, 6.07) is 7.15. The first-order valence-corrected chi connectivity index (χ1v) is 5.17. The molecule has 4 N–H and O–H groups in total. The van der Waals surface area contributed by atoms with Crippen molar-refractivity contribution in [3.63, 3.8) is 0 Å². The normalized spacial score (nSPS) is 14.2. The van der Waals surface area contributed by atoms with Gasteiger partial charge in [0.05, 0.1) is 17.7 Å². The van der Waals surface area contributed by atoms with Crippen molar-refractivity contribution in [2.45, 2.75) is 25.6 Å². The van der Waals surface area contributed by atoms with Gasteiger partial charge >= 0.3 is 0 Å². The molecule has 0 amide bonds. The van der Waals surface area contributed by atoms with Gasteiger partial charge in [0.25, 0.3) is 0 Å². The minimum atomic E-state index is -1.06. The molecule has 0 saturated carbocycles. The standard InChI is InChI=1S/C12H16N2O2/c1-8-2-3-9(7-14)10(6-8)12(16)11(15)4-5-13/h2-3,6,11-12,15-16H,4-5,13H2,1H3. The zero-order chi connectivity index (χ0) is 12.1. The third kappa shape index (κ3) is 2.80. The Hall–Kier alpha value is -1.41. The van der Waals surface area contributed by atoms with E-state index in [0.717, 1.165) is 5.56 Å². The lowest BCUT2D eigenvalue weighted by molar-refractivity contribution is 0.0148. The molecular formula is C12H16N2O2. The van der Waals surface area contributed by atoms with Gasteiger partial charge < -0.3 is 15.9 Å². The number of nitrogens with two attached hydrogens (primary N) is 1. The molecule has 0 heterocycles. The van der Waals surface area contributed by atoms with Gasteiger partial charge in [-0.15, -0.1) is 0 Å². The molecule has 4 heteroatoms. The number of nitrogens with zero attached hydrogens (tertiary/aromatic N) is 1. The van der Waals surface area contributed by atoms with E-state index in [0.29, 0.717) is 24.1 Å². The molecule has 86 valence electrons. The maximum atomic E-state index is 9.90. The molecule has 16 heavy (non-hydrogen) atoms. The first-order valence-electron chi connectivity index (χ1n) is 5.17. The molecule has 0 fully saturated rings. The fourth-order valence-electron chi connectivity index (χ4n) is 1.56. The minimum absolute atomic E-state index is 0.298. The van der Waals surface area contributed by atoms with Crippen molar-refractivity contribution in [2.75, 3.05) is 6.54 Å². The summed E-state index contributed by atoms with van der Waals surface area (Å²) < 4.78 is 0. The number of aliphatic hydroxyl groups is 2. The van der Waals surface area contributed by atoms with Crippen molar-refractivity contribution >= 4 is 0 Å². The van der Waals surface area contributed by atoms with Crippen LogP contribution in [0.3, 0.4) is 0 Å². The molecular weight excluding hydrogens is 204 g/mol. The summed E-state index contributed by atoms with van der Waals surface area (Å²) in [5.41, 5.74) is 7.09. The quantitative estimate of drug-likeness (QED) is 0.693. The van der Waals surface area contributed by atoms with Crippen LogP contribution in [0.5, 0.6) is 0 Å². The molecule has 0 aliphatic rings. The molecule has 0 bridgehead atoms. The van der Waals surface area contributed by atoms with Gasteiger partial charge in [0.1, 0.15) is 6.10 Å². The maximum absolute atomic E-state index is 9.90. The van der Waals surface area contributed by atoms with Crippen LogP contribution >= 0.6 is 0 Å². The Kier molecular flexibility index (Phi) is 4.44. The maximum Gasteiger partial charge on any atom is 0.106 e. The van der Waals surface area contributed by atoms with Crippen LogP contribution in [-0.4, -0.2) is 22.9 Å². The zero-order valence-corrected chi connectivity index (χ0v) is 9.22. The summed E-state index contributed by atoms with van der Waals surface area (Å²) in [6.07, 6.45) is -1.68. The fraction of sp³-hybridized carbons (Fsp3) is 0.417. The highest BCUT2D eigenvalue weighted by molar-refractivity contribution is 5.41. The molecule has 2 unspecified atom stereocenters. The summed E-state index contributed by atoms with van der Waals surface area (Å²) in [7, 11) is 0. The molecule has 0 spiro atoms. The Bertz CT molecular complexity index is 398. The summed E-state index contributed by atoms with van der Waals surface area (Å²) in [5.74, 6) is 0. The van der Waals surface area contributed by atoms with E-state index >= 15 is 0 Å². The van der Waals surface area contributed by atoms with Gasteiger partial charge in [-0.1, -0.05) is 17.7 Å². The predicted molar refractivity (Wildman–Crippen MR) is 60.5 cm³/mol. The van der Waals surface area contributed by atoms with Gasteiger partial charge in [-0.2, -0.15) is 5.26 Å². The first-order chi connectivity index (χ1) is 7.60. The Labute approximate surface area is 94.9 Å². The SMILES string of the molecule is Cc1ccc(C#N)c(C(O)C(O)CCN)c1.